The first-order valence-corrected chi connectivity index (χ1v) is 10.1. The summed E-state index contributed by atoms with van der Waals surface area (Å²) < 4.78 is 3.70. The minimum Gasteiger partial charge on any atom is -0.338 e. The van der Waals surface area contributed by atoms with Gasteiger partial charge in [-0.15, -0.1) is 10.2 Å². The van der Waals surface area contributed by atoms with E-state index in [9.17, 15) is 9.59 Å². The van der Waals surface area contributed by atoms with E-state index in [4.69, 9.17) is 0 Å². The number of rotatable bonds is 6. The fourth-order valence-corrected chi connectivity index (χ4v) is 3.20. The van der Waals surface area contributed by atoms with Gasteiger partial charge >= 0.3 is 0 Å². The number of pyridine rings is 1. The topological polar surface area (TPSA) is 107 Å². The molecule has 3 heterocycles. The molecule has 0 aliphatic rings. The van der Waals surface area contributed by atoms with Gasteiger partial charge in [-0.2, -0.15) is 0 Å². The summed E-state index contributed by atoms with van der Waals surface area (Å²) in [5.74, 6) is 1.00. The first-order valence-electron chi connectivity index (χ1n) is 10.1. The molecular weight excluding hydrogens is 406 g/mol. The SMILES string of the molecule is CC(C)n1cnnc1-c1cccc(NC(=O)c2cccc(C(=O)Nc3cccn3C)c2)n1. The molecule has 0 saturated heterocycles. The quantitative estimate of drug-likeness (QED) is 0.485. The molecular formula is C23H23N7O2. The summed E-state index contributed by atoms with van der Waals surface area (Å²) in [5.41, 5.74) is 1.33. The molecule has 0 atom stereocenters. The van der Waals surface area contributed by atoms with Gasteiger partial charge in [0, 0.05) is 30.4 Å². The summed E-state index contributed by atoms with van der Waals surface area (Å²) in [5, 5.41) is 13.7. The lowest BCUT2D eigenvalue weighted by atomic mass is 10.1. The number of hydrogen-bond donors (Lipinski definition) is 2. The van der Waals surface area contributed by atoms with E-state index >= 15 is 0 Å². The molecule has 0 bridgehead atoms. The normalized spacial score (nSPS) is 10.9. The zero-order valence-corrected chi connectivity index (χ0v) is 18.0. The number of hydrogen-bond acceptors (Lipinski definition) is 5. The van der Waals surface area contributed by atoms with Crippen molar-refractivity contribution in [1.29, 1.82) is 0 Å². The van der Waals surface area contributed by atoms with E-state index in [2.05, 4.69) is 25.8 Å². The van der Waals surface area contributed by atoms with Crippen molar-refractivity contribution < 1.29 is 9.59 Å². The van der Waals surface area contributed by atoms with Gasteiger partial charge in [0.15, 0.2) is 5.82 Å². The van der Waals surface area contributed by atoms with Gasteiger partial charge in [-0.25, -0.2) is 4.98 Å². The number of benzene rings is 1. The van der Waals surface area contributed by atoms with E-state index in [1.165, 1.54) is 0 Å². The Morgan fingerprint density at radius 1 is 0.938 bits per heavy atom. The van der Waals surface area contributed by atoms with Crippen molar-refractivity contribution in [2.24, 2.45) is 7.05 Å². The molecule has 32 heavy (non-hydrogen) atoms. The molecule has 4 aromatic rings. The third-order valence-electron chi connectivity index (χ3n) is 4.92. The van der Waals surface area contributed by atoms with Crippen LogP contribution < -0.4 is 10.6 Å². The molecule has 0 saturated carbocycles. The van der Waals surface area contributed by atoms with Crippen LogP contribution in [0.3, 0.4) is 0 Å². The van der Waals surface area contributed by atoms with Gasteiger partial charge in [-0.1, -0.05) is 12.1 Å². The standard InChI is InChI=1S/C23H23N7O2/c1-15(2)30-14-24-28-21(30)18-9-5-10-19(25-18)26-22(31)16-7-4-8-17(13-16)23(32)27-20-11-6-12-29(20)3/h4-15H,1-3H3,(H,27,32)(H,25,26,31). The molecule has 2 amide bonds. The van der Waals surface area contributed by atoms with Gasteiger partial charge in [0.25, 0.3) is 11.8 Å². The van der Waals surface area contributed by atoms with E-state index in [0.29, 0.717) is 34.3 Å². The van der Waals surface area contributed by atoms with Crippen LogP contribution in [0.1, 0.15) is 40.6 Å². The number of nitrogens with zero attached hydrogens (tertiary/aromatic N) is 5. The van der Waals surface area contributed by atoms with Crippen LogP contribution in [0.25, 0.3) is 11.5 Å². The number of carbonyl (C=O) groups excluding carboxylic acids is 2. The van der Waals surface area contributed by atoms with E-state index < -0.39 is 0 Å². The highest BCUT2D eigenvalue weighted by atomic mass is 16.2. The third-order valence-corrected chi connectivity index (χ3v) is 4.92. The molecule has 9 nitrogen and oxygen atoms in total. The first-order chi connectivity index (χ1) is 15.4. The van der Waals surface area contributed by atoms with Crippen molar-refractivity contribution in [2.45, 2.75) is 19.9 Å². The minimum absolute atomic E-state index is 0.171. The van der Waals surface area contributed by atoms with Gasteiger partial charge in [0.1, 0.15) is 23.7 Å². The largest absolute Gasteiger partial charge is 0.338 e. The lowest BCUT2D eigenvalue weighted by molar-refractivity contribution is 0.102. The van der Waals surface area contributed by atoms with Crippen LogP contribution in [0.2, 0.25) is 0 Å². The Labute approximate surface area is 185 Å². The molecule has 0 spiro atoms. The molecule has 1 aromatic carbocycles. The number of aryl methyl sites for hydroxylation is 1. The van der Waals surface area contributed by atoms with Gasteiger partial charge in [-0.05, 0) is 56.3 Å². The fraction of sp³-hybridized carbons (Fsp3) is 0.174. The Morgan fingerprint density at radius 2 is 1.66 bits per heavy atom. The average Bonchev–Trinajstić information content (AvgIpc) is 3.43. The molecule has 2 N–H and O–H groups in total. The van der Waals surface area contributed by atoms with Crippen molar-refractivity contribution in [3.63, 3.8) is 0 Å². The Bertz CT molecular complexity index is 1270. The number of anilines is 2. The van der Waals surface area contributed by atoms with E-state index in [1.54, 1.807) is 53.4 Å². The Balaban J connectivity index is 1.51. The molecule has 9 heteroatoms. The summed E-state index contributed by atoms with van der Waals surface area (Å²) in [6, 6.07) is 15.6. The molecule has 0 aliphatic heterocycles. The van der Waals surface area contributed by atoms with E-state index in [0.717, 1.165) is 0 Å². The second kappa shape index (κ2) is 8.84. The maximum Gasteiger partial charge on any atom is 0.256 e. The molecule has 0 aliphatic carbocycles. The van der Waals surface area contributed by atoms with Crippen molar-refractivity contribution in [3.05, 3.63) is 78.2 Å². The van der Waals surface area contributed by atoms with Crippen LogP contribution in [0.5, 0.6) is 0 Å². The first kappa shape index (κ1) is 21.0. The molecule has 0 radical (unpaired) electrons. The maximum atomic E-state index is 12.8. The van der Waals surface area contributed by atoms with Crippen molar-refractivity contribution in [3.8, 4) is 11.5 Å². The van der Waals surface area contributed by atoms with Crippen molar-refractivity contribution >= 4 is 23.5 Å². The molecule has 3 aromatic heterocycles. The number of nitrogens with one attached hydrogen (secondary N) is 2. The van der Waals surface area contributed by atoms with Crippen LogP contribution in [0.15, 0.2) is 67.1 Å². The minimum atomic E-state index is -0.367. The van der Waals surface area contributed by atoms with Gasteiger partial charge in [0.05, 0.1) is 0 Å². The zero-order chi connectivity index (χ0) is 22.7. The van der Waals surface area contributed by atoms with Crippen LogP contribution in [0, 0.1) is 0 Å². The highest BCUT2D eigenvalue weighted by Gasteiger charge is 2.15. The number of amides is 2. The van der Waals surface area contributed by atoms with E-state index in [1.807, 2.05) is 43.8 Å². The van der Waals surface area contributed by atoms with Crippen molar-refractivity contribution in [2.75, 3.05) is 10.6 Å². The number of aromatic nitrogens is 5. The zero-order valence-electron chi connectivity index (χ0n) is 18.0. The summed E-state index contributed by atoms with van der Waals surface area (Å²) in [6.45, 7) is 4.05. The average molecular weight is 429 g/mol. The van der Waals surface area contributed by atoms with Crippen LogP contribution in [-0.4, -0.2) is 36.1 Å². The molecule has 0 unspecified atom stereocenters. The lowest BCUT2D eigenvalue weighted by Crippen LogP contribution is -2.17. The summed E-state index contributed by atoms with van der Waals surface area (Å²) in [7, 11) is 1.84. The number of carbonyl (C=O) groups is 2. The maximum absolute atomic E-state index is 12.8. The highest BCUT2D eigenvalue weighted by molar-refractivity contribution is 6.08. The Morgan fingerprint density at radius 3 is 2.34 bits per heavy atom. The van der Waals surface area contributed by atoms with Crippen LogP contribution >= 0.6 is 0 Å². The Hall–Kier alpha value is -4.27. The molecule has 4 rings (SSSR count). The summed E-state index contributed by atoms with van der Waals surface area (Å²) in [4.78, 5) is 29.9. The Kier molecular flexibility index (Phi) is 5.80. The fourth-order valence-electron chi connectivity index (χ4n) is 3.20. The molecule has 162 valence electrons. The summed E-state index contributed by atoms with van der Waals surface area (Å²) in [6.07, 6.45) is 3.49. The highest BCUT2D eigenvalue weighted by Crippen LogP contribution is 2.20. The van der Waals surface area contributed by atoms with Crippen LogP contribution in [0.4, 0.5) is 11.6 Å². The monoisotopic (exact) mass is 429 g/mol. The van der Waals surface area contributed by atoms with Gasteiger partial charge in [0.2, 0.25) is 0 Å². The lowest BCUT2D eigenvalue weighted by Gasteiger charge is -2.11. The second-order valence-corrected chi connectivity index (χ2v) is 7.56. The van der Waals surface area contributed by atoms with Gasteiger partial charge in [-0.3, -0.25) is 9.59 Å². The smallest absolute Gasteiger partial charge is 0.256 e. The summed E-state index contributed by atoms with van der Waals surface area (Å²) >= 11 is 0. The third kappa shape index (κ3) is 4.41. The van der Waals surface area contributed by atoms with E-state index in [-0.39, 0.29) is 17.9 Å². The predicted octanol–water partition coefficient (Wildman–Crippen LogP) is 3.76. The van der Waals surface area contributed by atoms with Crippen molar-refractivity contribution in [1.82, 2.24) is 24.3 Å². The second-order valence-electron chi connectivity index (χ2n) is 7.56. The van der Waals surface area contributed by atoms with Gasteiger partial charge < -0.3 is 19.8 Å². The van der Waals surface area contributed by atoms with Crippen LogP contribution in [-0.2, 0) is 7.05 Å². The predicted molar refractivity (Wildman–Crippen MR) is 121 cm³/mol. The molecule has 0 fully saturated rings.